The third-order valence-corrected chi connectivity index (χ3v) is 5.86. The van der Waals surface area contributed by atoms with Crippen LogP contribution in [0.15, 0.2) is 27.9 Å². The fourth-order valence-electron chi connectivity index (χ4n) is 1.97. The summed E-state index contributed by atoms with van der Waals surface area (Å²) >= 11 is 8.83. The van der Waals surface area contributed by atoms with E-state index in [0.717, 1.165) is 9.90 Å². The number of carbonyl (C=O) groups is 2. The van der Waals surface area contributed by atoms with Crippen molar-refractivity contribution in [3.05, 3.63) is 39.9 Å². The normalized spacial score (nSPS) is 11.8. The van der Waals surface area contributed by atoms with Crippen LogP contribution in [0.25, 0.3) is 0 Å². The van der Waals surface area contributed by atoms with Crippen LogP contribution in [0.3, 0.4) is 0 Å². The van der Waals surface area contributed by atoms with E-state index in [0.29, 0.717) is 23.0 Å². The fraction of sp³-hybridized carbons (Fsp3) is 0.353. The summed E-state index contributed by atoms with van der Waals surface area (Å²) < 4.78 is 5.65. The van der Waals surface area contributed by atoms with Gasteiger partial charge in [-0.15, -0.1) is 11.3 Å². The fourth-order valence-corrected chi connectivity index (χ4v) is 4.12. The lowest BCUT2D eigenvalue weighted by Gasteiger charge is -2.13. The van der Waals surface area contributed by atoms with Gasteiger partial charge < -0.3 is 10.1 Å². The molecule has 0 radical (unpaired) electrons. The standard InChI is InChI=1S/C17H19ClN2O3S2/c1-4-23-15(21)8-12-9-24-17(19-12)25-11(3)16(22)20-14-7-5-6-13(18)10(14)2/h5-7,9,11H,4,8H2,1-3H3,(H,20,22)/t11-/m0/s1. The van der Waals surface area contributed by atoms with Crippen LogP contribution in [0.4, 0.5) is 5.69 Å². The summed E-state index contributed by atoms with van der Waals surface area (Å²) in [7, 11) is 0. The van der Waals surface area contributed by atoms with Crippen molar-refractivity contribution in [2.75, 3.05) is 11.9 Å². The molecule has 1 heterocycles. The first-order valence-corrected chi connectivity index (χ1v) is 9.87. The highest BCUT2D eigenvalue weighted by Gasteiger charge is 2.18. The van der Waals surface area contributed by atoms with Gasteiger partial charge in [-0.3, -0.25) is 9.59 Å². The molecule has 0 aliphatic heterocycles. The van der Waals surface area contributed by atoms with E-state index in [1.54, 1.807) is 19.1 Å². The van der Waals surface area contributed by atoms with E-state index in [2.05, 4.69) is 10.3 Å². The molecule has 1 aromatic carbocycles. The quantitative estimate of drug-likeness (QED) is 0.555. The van der Waals surface area contributed by atoms with Crippen molar-refractivity contribution in [2.45, 2.75) is 36.8 Å². The summed E-state index contributed by atoms with van der Waals surface area (Å²) in [5.41, 5.74) is 2.19. The van der Waals surface area contributed by atoms with Crippen LogP contribution in [-0.2, 0) is 20.7 Å². The number of thioether (sulfide) groups is 1. The molecule has 134 valence electrons. The predicted octanol–water partition coefficient (Wildman–Crippen LogP) is 4.33. The minimum atomic E-state index is -0.333. The summed E-state index contributed by atoms with van der Waals surface area (Å²) in [5, 5.41) is 4.98. The minimum absolute atomic E-state index is 0.127. The van der Waals surface area contributed by atoms with Gasteiger partial charge in [0.2, 0.25) is 5.91 Å². The molecule has 0 bridgehead atoms. The molecule has 8 heteroatoms. The van der Waals surface area contributed by atoms with Crippen LogP contribution in [0.5, 0.6) is 0 Å². The Morgan fingerprint density at radius 1 is 1.44 bits per heavy atom. The number of nitrogens with one attached hydrogen (secondary N) is 1. The number of carbonyl (C=O) groups excluding carboxylic acids is 2. The predicted molar refractivity (Wildman–Crippen MR) is 103 cm³/mol. The first-order valence-electron chi connectivity index (χ1n) is 7.73. The maximum atomic E-state index is 12.4. The number of hydrogen-bond donors (Lipinski definition) is 1. The Kier molecular flexibility index (Phi) is 7.28. The number of nitrogens with zero attached hydrogens (tertiary/aromatic N) is 1. The third kappa shape index (κ3) is 5.73. The van der Waals surface area contributed by atoms with E-state index in [9.17, 15) is 9.59 Å². The molecule has 0 aliphatic rings. The van der Waals surface area contributed by atoms with Crippen molar-refractivity contribution >= 4 is 52.3 Å². The number of hydrogen-bond acceptors (Lipinski definition) is 6. The number of anilines is 1. The van der Waals surface area contributed by atoms with Crippen molar-refractivity contribution in [1.82, 2.24) is 4.98 Å². The summed E-state index contributed by atoms with van der Waals surface area (Å²) in [6.07, 6.45) is 0.146. The monoisotopic (exact) mass is 398 g/mol. The average Bonchev–Trinajstić information content (AvgIpc) is 2.98. The molecule has 2 aromatic rings. The molecule has 2 rings (SSSR count). The van der Waals surface area contributed by atoms with E-state index in [-0.39, 0.29) is 23.5 Å². The zero-order valence-electron chi connectivity index (χ0n) is 14.2. The Bertz CT molecular complexity index is 764. The summed E-state index contributed by atoms with van der Waals surface area (Å²) in [6, 6.07) is 5.40. The first-order chi connectivity index (χ1) is 11.9. The Balaban J connectivity index is 1.94. The van der Waals surface area contributed by atoms with E-state index >= 15 is 0 Å². The van der Waals surface area contributed by atoms with Crippen molar-refractivity contribution < 1.29 is 14.3 Å². The molecule has 0 unspecified atom stereocenters. The third-order valence-electron chi connectivity index (χ3n) is 3.33. The number of thiazole rings is 1. The van der Waals surface area contributed by atoms with E-state index in [1.165, 1.54) is 23.1 Å². The van der Waals surface area contributed by atoms with Gasteiger partial charge in [0.1, 0.15) is 0 Å². The van der Waals surface area contributed by atoms with Gasteiger partial charge in [0.05, 0.1) is 24.0 Å². The van der Waals surface area contributed by atoms with Gasteiger partial charge in [0, 0.05) is 16.1 Å². The van der Waals surface area contributed by atoms with Gasteiger partial charge >= 0.3 is 5.97 Å². The molecule has 0 saturated heterocycles. The van der Waals surface area contributed by atoms with Crippen LogP contribution < -0.4 is 5.32 Å². The van der Waals surface area contributed by atoms with Gasteiger partial charge in [0.15, 0.2) is 4.34 Å². The number of halogens is 1. The molecule has 5 nitrogen and oxygen atoms in total. The average molecular weight is 399 g/mol. The highest BCUT2D eigenvalue weighted by atomic mass is 35.5. The Morgan fingerprint density at radius 2 is 2.20 bits per heavy atom. The molecular formula is C17H19ClN2O3S2. The lowest BCUT2D eigenvalue weighted by Crippen LogP contribution is -2.22. The number of amides is 1. The van der Waals surface area contributed by atoms with E-state index in [1.807, 2.05) is 25.3 Å². The number of ether oxygens (including phenoxy) is 1. The molecule has 0 spiro atoms. The zero-order valence-corrected chi connectivity index (χ0v) is 16.6. The second-order valence-electron chi connectivity index (χ2n) is 5.25. The smallest absolute Gasteiger partial charge is 0.311 e. The molecule has 1 amide bonds. The van der Waals surface area contributed by atoms with Crippen molar-refractivity contribution in [1.29, 1.82) is 0 Å². The summed E-state index contributed by atoms with van der Waals surface area (Å²) in [6.45, 7) is 5.79. The van der Waals surface area contributed by atoms with Crippen LogP contribution in [-0.4, -0.2) is 28.7 Å². The largest absolute Gasteiger partial charge is 0.466 e. The maximum absolute atomic E-state index is 12.4. The Labute approximate surface area is 160 Å². The van der Waals surface area contributed by atoms with E-state index < -0.39 is 0 Å². The molecule has 1 aromatic heterocycles. The summed E-state index contributed by atoms with van der Waals surface area (Å²) in [4.78, 5) is 28.2. The minimum Gasteiger partial charge on any atom is -0.466 e. The Hall–Kier alpha value is -1.57. The second-order valence-corrected chi connectivity index (χ2v) is 8.10. The summed E-state index contributed by atoms with van der Waals surface area (Å²) in [5.74, 6) is -0.427. The van der Waals surface area contributed by atoms with Gasteiger partial charge in [-0.1, -0.05) is 29.4 Å². The SMILES string of the molecule is CCOC(=O)Cc1csc(S[C@@H](C)C(=O)Nc2cccc(Cl)c2C)n1. The zero-order chi connectivity index (χ0) is 18.4. The van der Waals surface area contributed by atoms with Crippen LogP contribution >= 0.6 is 34.7 Å². The van der Waals surface area contributed by atoms with Crippen molar-refractivity contribution in [3.63, 3.8) is 0 Å². The molecule has 1 atom stereocenters. The van der Waals surface area contributed by atoms with Crippen molar-refractivity contribution in [2.24, 2.45) is 0 Å². The van der Waals surface area contributed by atoms with Gasteiger partial charge in [-0.2, -0.15) is 0 Å². The lowest BCUT2D eigenvalue weighted by molar-refractivity contribution is -0.142. The van der Waals surface area contributed by atoms with Gasteiger partial charge in [-0.05, 0) is 38.5 Å². The maximum Gasteiger partial charge on any atom is 0.311 e. The molecule has 0 aliphatic carbocycles. The second kappa shape index (κ2) is 9.22. The highest BCUT2D eigenvalue weighted by molar-refractivity contribution is 8.02. The van der Waals surface area contributed by atoms with Gasteiger partial charge in [0.25, 0.3) is 0 Å². The van der Waals surface area contributed by atoms with E-state index in [4.69, 9.17) is 16.3 Å². The van der Waals surface area contributed by atoms with Crippen LogP contribution in [0.2, 0.25) is 5.02 Å². The number of rotatable bonds is 7. The molecule has 1 N–H and O–H groups in total. The number of esters is 1. The topological polar surface area (TPSA) is 68.3 Å². The van der Waals surface area contributed by atoms with Crippen molar-refractivity contribution in [3.8, 4) is 0 Å². The van der Waals surface area contributed by atoms with Crippen LogP contribution in [0.1, 0.15) is 25.1 Å². The molecule has 25 heavy (non-hydrogen) atoms. The molecule has 0 saturated carbocycles. The van der Waals surface area contributed by atoms with Gasteiger partial charge in [-0.25, -0.2) is 4.98 Å². The van der Waals surface area contributed by atoms with Crippen LogP contribution in [0, 0.1) is 6.92 Å². The number of benzene rings is 1. The molecular weight excluding hydrogens is 380 g/mol. The highest BCUT2D eigenvalue weighted by Crippen LogP contribution is 2.29. The first kappa shape index (κ1) is 19.8. The Morgan fingerprint density at radius 3 is 2.92 bits per heavy atom. The molecule has 0 fully saturated rings. The lowest BCUT2D eigenvalue weighted by atomic mass is 10.2. The number of aromatic nitrogens is 1.